The third-order valence-corrected chi connectivity index (χ3v) is 6.79. The third kappa shape index (κ3) is 4.25. The predicted octanol–water partition coefficient (Wildman–Crippen LogP) is 4.31. The zero-order chi connectivity index (χ0) is 23.7. The van der Waals surface area contributed by atoms with E-state index in [1.807, 2.05) is 77.9 Å². The molecule has 1 N–H and O–H groups in total. The van der Waals surface area contributed by atoms with E-state index in [-0.39, 0.29) is 17.7 Å². The molecule has 3 heterocycles. The van der Waals surface area contributed by atoms with Crippen LogP contribution in [0.5, 0.6) is 0 Å². The van der Waals surface area contributed by atoms with Gasteiger partial charge in [-0.05, 0) is 62.9 Å². The number of rotatable bonds is 5. The molecule has 7 heteroatoms. The Morgan fingerprint density at radius 3 is 2.65 bits per heavy atom. The number of hydrogen-bond donors (Lipinski definition) is 1. The summed E-state index contributed by atoms with van der Waals surface area (Å²) in [4.78, 5) is 32.5. The number of likely N-dealkylation sites (tertiary alicyclic amines) is 1. The van der Waals surface area contributed by atoms with E-state index in [1.165, 1.54) is 0 Å². The number of amides is 2. The standard InChI is InChI=1S/C27H29N5O2/c1-18-22(19(2)32-26(28-18)23-12-6-7-13-24(23)30-32)14-15-25(33)31-16-8-9-20(17-31)27(34)29-21-10-4-3-5-11-21/h3-7,10-13,20H,8-9,14-17H2,1-2H3,(H,29,34). The first-order chi connectivity index (χ1) is 16.5. The maximum Gasteiger partial charge on any atom is 0.229 e. The van der Waals surface area contributed by atoms with Gasteiger partial charge in [-0.1, -0.05) is 30.3 Å². The van der Waals surface area contributed by atoms with Crippen LogP contribution in [0.3, 0.4) is 0 Å². The molecule has 2 aromatic carbocycles. The summed E-state index contributed by atoms with van der Waals surface area (Å²) in [5.74, 6) is -0.117. The summed E-state index contributed by atoms with van der Waals surface area (Å²) in [5, 5.41) is 8.72. The van der Waals surface area contributed by atoms with Crippen molar-refractivity contribution in [3.8, 4) is 0 Å². The second-order valence-corrected chi connectivity index (χ2v) is 9.05. The monoisotopic (exact) mass is 455 g/mol. The van der Waals surface area contributed by atoms with E-state index >= 15 is 0 Å². The first-order valence-electron chi connectivity index (χ1n) is 11.9. The highest BCUT2D eigenvalue weighted by atomic mass is 16.2. The third-order valence-electron chi connectivity index (χ3n) is 6.79. The first kappa shape index (κ1) is 22.1. The lowest BCUT2D eigenvalue weighted by molar-refractivity contribution is -0.134. The number of anilines is 1. The quantitative estimate of drug-likeness (QED) is 0.486. The Kier molecular flexibility index (Phi) is 6.01. The van der Waals surface area contributed by atoms with Gasteiger partial charge in [0.1, 0.15) is 0 Å². The molecule has 1 unspecified atom stereocenters. The molecule has 1 saturated heterocycles. The smallest absolute Gasteiger partial charge is 0.229 e. The van der Waals surface area contributed by atoms with Crippen LogP contribution in [0, 0.1) is 19.8 Å². The molecule has 174 valence electrons. The first-order valence-corrected chi connectivity index (χ1v) is 11.9. The van der Waals surface area contributed by atoms with Crippen LogP contribution in [0.25, 0.3) is 16.6 Å². The van der Waals surface area contributed by atoms with E-state index in [9.17, 15) is 9.59 Å². The Morgan fingerprint density at radius 2 is 1.82 bits per heavy atom. The Morgan fingerprint density at radius 1 is 1.06 bits per heavy atom. The molecular formula is C27H29N5O2. The summed E-state index contributed by atoms with van der Waals surface area (Å²) < 4.78 is 1.89. The highest BCUT2D eigenvalue weighted by molar-refractivity contribution is 5.93. The molecular weight excluding hydrogens is 426 g/mol. The van der Waals surface area contributed by atoms with Gasteiger partial charge >= 0.3 is 0 Å². The molecule has 1 aliphatic rings. The predicted molar refractivity (Wildman–Crippen MR) is 133 cm³/mol. The number of fused-ring (bicyclic) bond motifs is 3. The zero-order valence-electron chi connectivity index (χ0n) is 19.6. The van der Waals surface area contributed by atoms with Gasteiger partial charge in [0, 0.05) is 42.0 Å². The zero-order valence-corrected chi connectivity index (χ0v) is 19.6. The molecule has 1 fully saturated rings. The number of nitrogens with zero attached hydrogens (tertiary/aromatic N) is 4. The number of carbonyl (C=O) groups is 2. The van der Waals surface area contributed by atoms with Crippen molar-refractivity contribution in [2.75, 3.05) is 18.4 Å². The molecule has 5 rings (SSSR count). The van der Waals surface area contributed by atoms with Crippen LogP contribution < -0.4 is 5.32 Å². The lowest BCUT2D eigenvalue weighted by atomic mass is 9.96. The van der Waals surface area contributed by atoms with Crippen molar-refractivity contribution in [1.29, 1.82) is 0 Å². The van der Waals surface area contributed by atoms with Gasteiger partial charge in [-0.25, -0.2) is 9.50 Å². The summed E-state index contributed by atoms with van der Waals surface area (Å²) in [6.45, 7) is 5.21. The average molecular weight is 456 g/mol. The van der Waals surface area contributed by atoms with E-state index < -0.39 is 0 Å². The molecule has 7 nitrogen and oxygen atoms in total. The van der Waals surface area contributed by atoms with E-state index in [4.69, 9.17) is 10.1 Å². The van der Waals surface area contributed by atoms with Gasteiger partial charge in [0.2, 0.25) is 11.8 Å². The fourth-order valence-electron chi connectivity index (χ4n) is 4.91. The van der Waals surface area contributed by atoms with Gasteiger partial charge in [0.15, 0.2) is 5.65 Å². The van der Waals surface area contributed by atoms with E-state index in [0.717, 1.165) is 52.0 Å². The number of aromatic nitrogens is 3. The molecule has 1 atom stereocenters. The van der Waals surface area contributed by atoms with Crippen LogP contribution in [0.15, 0.2) is 54.6 Å². The number of carbonyl (C=O) groups excluding carboxylic acids is 2. The van der Waals surface area contributed by atoms with Crippen LogP contribution in [0.1, 0.15) is 36.2 Å². The normalized spacial score (nSPS) is 16.2. The number of piperidine rings is 1. The summed E-state index contributed by atoms with van der Waals surface area (Å²) in [7, 11) is 0. The SMILES string of the molecule is Cc1nc2c3ccccc3nn2c(C)c1CCC(=O)N1CCCC(C(=O)Nc2ccccc2)C1. The van der Waals surface area contributed by atoms with E-state index in [1.54, 1.807) is 0 Å². The Labute approximate surface area is 198 Å². The molecule has 0 bridgehead atoms. The van der Waals surface area contributed by atoms with Crippen LogP contribution in [0.2, 0.25) is 0 Å². The maximum atomic E-state index is 13.1. The molecule has 0 radical (unpaired) electrons. The van der Waals surface area contributed by atoms with Gasteiger partial charge in [-0.15, -0.1) is 0 Å². The molecule has 2 aromatic heterocycles. The van der Waals surface area contributed by atoms with Crippen LogP contribution >= 0.6 is 0 Å². The molecule has 4 aromatic rings. The van der Waals surface area contributed by atoms with Gasteiger partial charge in [0.25, 0.3) is 0 Å². The summed E-state index contributed by atoms with van der Waals surface area (Å²) in [6, 6.07) is 17.5. The van der Waals surface area contributed by atoms with E-state index in [0.29, 0.717) is 25.9 Å². The highest BCUT2D eigenvalue weighted by Gasteiger charge is 2.28. The Hall–Kier alpha value is -3.74. The molecule has 0 saturated carbocycles. The lowest BCUT2D eigenvalue weighted by Gasteiger charge is -2.32. The van der Waals surface area contributed by atoms with Crippen LogP contribution in [-0.4, -0.2) is 44.4 Å². The lowest BCUT2D eigenvalue weighted by Crippen LogP contribution is -2.43. The topological polar surface area (TPSA) is 79.6 Å². The number of benzene rings is 2. The largest absolute Gasteiger partial charge is 0.342 e. The van der Waals surface area contributed by atoms with Crippen LogP contribution in [0.4, 0.5) is 5.69 Å². The van der Waals surface area contributed by atoms with Crippen molar-refractivity contribution >= 4 is 34.1 Å². The summed E-state index contributed by atoms with van der Waals surface area (Å²) in [6.07, 6.45) is 2.63. The fourth-order valence-corrected chi connectivity index (χ4v) is 4.91. The van der Waals surface area contributed by atoms with Crippen molar-refractivity contribution in [3.63, 3.8) is 0 Å². The van der Waals surface area contributed by atoms with Gasteiger partial charge < -0.3 is 10.2 Å². The minimum Gasteiger partial charge on any atom is -0.342 e. The maximum absolute atomic E-state index is 13.1. The second-order valence-electron chi connectivity index (χ2n) is 9.05. The molecule has 1 aliphatic heterocycles. The molecule has 0 aliphatic carbocycles. The molecule has 0 spiro atoms. The molecule has 34 heavy (non-hydrogen) atoms. The van der Waals surface area contributed by atoms with Crippen molar-refractivity contribution in [2.45, 2.75) is 39.5 Å². The Bertz CT molecular complexity index is 1360. The van der Waals surface area contributed by atoms with Crippen LogP contribution in [-0.2, 0) is 16.0 Å². The number of hydrogen-bond acceptors (Lipinski definition) is 4. The van der Waals surface area contributed by atoms with Gasteiger partial charge in [0.05, 0.1) is 11.4 Å². The average Bonchev–Trinajstić information content (AvgIpc) is 3.23. The number of nitrogens with one attached hydrogen (secondary N) is 1. The number of aryl methyl sites for hydroxylation is 2. The van der Waals surface area contributed by atoms with Gasteiger partial charge in [-0.2, -0.15) is 5.10 Å². The Balaban J connectivity index is 1.26. The van der Waals surface area contributed by atoms with E-state index in [2.05, 4.69) is 5.32 Å². The summed E-state index contributed by atoms with van der Waals surface area (Å²) >= 11 is 0. The van der Waals surface area contributed by atoms with Crippen molar-refractivity contribution in [3.05, 3.63) is 71.5 Å². The number of para-hydroxylation sites is 1. The van der Waals surface area contributed by atoms with Gasteiger partial charge in [-0.3, -0.25) is 9.59 Å². The fraction of sp³-hybridized carbons (Fsp3) is 0.333. The highest BCUT2D eigenvalue weighted by Crippen LogP contribution is 2.24. The minimum atomic E-state index is -0.184. The molecule has 2 amide bonds. The van der Waals surface area contributed by atoms with Crippen molar-refractivity contribution in [2.24, 2.45) is 5.92 Å². The summed E-state index contributed by atoms with van der Waals surface area (Å²) in [5.41, 5.74) is 5.57. The minimum absolute atomic E-state index is 0.0178. The second kappa shape index (κ2) is 9.25. The van der Waals surface area contributed by atoms with Crippen molar-refractivity contribution < 1.29 is 9.59 Å². The van der Waals surface area contributed by atoms with Crippen molar-refractivity contribution in [1.82, 2.24) is 19.5 Å².